The summed E-state index contributed by atoms with van der Waals surface area (Å²) in [7, 11) is 4.65. The fraction of sp³-hybridized carbons (Fsp3) is 0.238. The van der Waals surface area contributed by atoms with E-state index in [1.807, 2.05) is 37.3 Å². The van der Waals surface area contributed by atoms with Crippen molar-refractivity contribution < 1.29 is 19.0 Å². The van der Waals surface area contributed by atoms with E-state index in [9.17, 15) is 10.1 Å². The van der Waals surface area contributed by atoms with Crippen LogP contribution in [0, 0.1) is 11.3 Å². The van der Waals surface area contributed by atoms with Gasteiger partial charge in [0.1, 0.15) is 17.4 Å². The number of carbonyl (C=O) groups is 1. The molecule has 0 saturated heterocycles. The van der Waals surface area contributed by atoms with Crippen molar-refractivity contribution in [3.05, 3.63) is 59.8 Å². The SMILES string of the molecule is COc1ccc(C(C)N/C=C(/C#N)C(=O)Nc2ccc(OC)c(OC)c2)cc1. The molecule has 0 aliphatic rings. The van der Waals surface area contributed by atoms with Crippen LogP contribution in [-0.4, -0.2) is 27.2 Å². The van der Waals surface area contributed by atoms with E-state index in [1.54, 1.807) is 25.3 Å². The molecular formula is C21H23N3O4. The van der Waals surface area contributed by atoms with E-state index < -0.39 is 5.91 Å². The summed E-state index contributed by atoms with van der Waals surface area (Å²) < 4.78 is 15.5. The number of carbonyl (C=O) groups excluding carboxylic acids is 1. The first-order chi connectivity index (χ1) is 13.5. The normalized spacial score (nSPS) is 11.8. The van der Waals surface area contributed by atoms with Crippen LogP contribution in [0.1, 0.15) is 18.5 Å². The third-order valence-corrected chi connectivity index (χ3v) is 4.10. The van der Waals surface area contributed by atoms with Gasteiger partial charge in [0.2, 0.25) is 0 Å². The zero-order valence-electron chi connectivity index (χ0n) is 16.3. The van der Waals surface area contributed by atoms with Gasteiger partial charge in [-0.05, 0) is 36.8 Å². The smallest absolute Gasteiger partial charge is 0.267 e. The van der Waals surface area contributed by atoms with Gasteiger partial charge in [-0.3, -0.25) is 4.79 Å². The van der Waals surface area contributed by atoms with Crippen LogP contribution >= 0.6 is 0 Å². The second kappa shape index (κ2) is 9.88. The van der Waals surface area contributed by atoms with Gasteiger partial charge in [0, 0.05) is 24.0 Å². The lowest BCUT2D eigenvalue weighted by atomic mass is 10.1. The monoisotopic (exact) mass is 381 g/mol. The van der Waals surface area contributed by atoms with Crippen LogP contribution in [0.15, 0.2) is 54.2 Å². The molecule has 2 N–H and O–H groups in total. The minimum absolute atomic E-state index is 0.0462. The maximum Gasteiger partial charge on any atom is 0.267 e. The summed E-state index contributed by atoms with van der Waals surface area (Å²) in [6, 6.07) is 14.3. The fourth-order valence-corrected chi connectivity index (χ4v) is 2.46. The van der Waals surface area contributed by atoms with E-state index in [0.717, 1.165) is 11.3 Å². The lowest BCUT2D eigenvalue weighted by Gasteiger charge is -2.13. The first-order valence-corrected chi connectivity index (χ1v) is 8.56. The summed E-state index contributed by atoms with van der Waals surface area (Å²) in [5.74, 6) is 1.27. The van der Waals surface area contributed by atoms with E-state index in [4.69, 9.17) is 14.2 Å². The molecule has 0 bridgehead atoms. The number of rotatable bonds is 8. The number of hydrogen-bond acceptors (Lipinski definition) is 6. The Morgan fingerprint density at radius 1 is 1.04 bits per heavy atom. The molecule has 2 aromatic carbocycles. The summed E-state index contributed by atoms with van der Waals surface area (Å²) in [6.07, 6.45) is 1.41. The Kier molecular flexibility index (Phi) is 7.28. The van der Waals surface area contributed by atoms with E-state index in [0.29, 0.717) is 17.2 Å². The van der Waals surface area contributed by atoms with Crippen molar-refractivity contribution in [2.75, 3.05) is 26.6 Å². The summed E-state index contributed by atoms with van der Waals surface area (Å²) in [4.78, 5) is 12.4. The average molecular weight is 381 g/mol. The number of hydrogen-bond donors (Lipinski definition) is 2. The van der Waals surface area contributed by atoms with Crippen molar-refractivity contribution in [3.8, 4) is 23.3 Å². The molecule has 0 aliphatic heterocycles. The molecule has 1 amide bonds. The number of benzene rings is 2. The van der Waals surface area contributed by atoms with Crippen molar-refractivity contribution in [1.82, 2.24) is 5.32 Å². The molecule has 1 unspecified atom stereocenters. The first-order valence-electron chi connectivity index (χ1n) is 8.56. The van der Waals surface area contributed by atoms with Crippen molar-refractivity contribution >= 4 is 11.6 Å². The molecule has 0 radical (unpaired) electrons. The first kappa shape index (κ1) is 20.6. The molecule has 0 saturated carbocycles. The third kappa shape index (κ3) is 5.17. The molecule has 7 heteroatoms. The largest absolute Gasteiger partial charge is 0.497 e. The van der Waals surface area contributed by atoms with Gasteiger partial charge in [-0.1, -0.05) is 12.1 Å². The van der Waals surface area contributed by atoms with Crippen LogP contribution in [0.25, 0.3) is 0 Å². The highest BCUT2D eigenvalue weighted by molar-refractivity contribution is 6.06. The van der Waals surface area contributed by atoms with Crippen LogP contribution in [0.4, 0.5) is 5.69 Å². The number of nitrogens with zero attached hydrogens (tertiary/aromatic N) is 1. The van der Waals surface area contributed by atoms with Crippen molar-refractivity contribution in [2.45, 2.75) is 13.0 Å². The molecule has 0 fully saturated rings. The van der Waals surface area contributed by atoms with E-state index in [1.165, 1.54) is 20.4 Å². The number of ether oxygens (including phenoxy) is 3. The zero-order chi connectivity index (χ0) is 20.5. The molecule has 1 atom stereocenters. The van der Waals surface area contributed by atoms with Crippen molar-refractivity contribution in [2.24, 2.45) is 0 Å². The predicted molar refractivity (Wildman–Crippen MR) is 106 cm³/mol. The second-order valence-corrected chi connectivity index (χ2v) is 5.86. The predicted octanol–water partition coefficient (Wildman–Crippen LogP) is 3.41. The summed E-state index contributed by atoms with van der Waals surface area (Å²) in [5.41, 5.74) is 1.44. The molecule has 0 aliphatic carbocycles. The molecule has 0 aromatic heterocycles. The van der Waals surface area contributed by atoms with Crippen LogP contribution in [-0.2, 0) is 4.79 Å². The number of methoxy groups -OCH3 is 3. The lowest BCUT2D eigenvalue weighted by Crippen LogP contribution is -2.18. The minimum Gasteiger partial charge on any atom is -0.497 e. The van der Waals surface area contributed by atoms with Gasteiger partial charge in [0.25, 0.3) is 5.91 Å². The molecular weight excluding hydrogens is 358 g/mol. The van der Waals surface area contributed by atoms with Crippen LogP contribution in [0.5, 0.6) is 17.2 Å². The summed E-state index contributed by atoms with van der Waals surface area (Å²) >= 11 is 0. The maximum absolute atomic E-state index is 12.4. The average Bonchev–Trinajstić information content (AvgIpc) is 2.73. The van der Waals surface area contributed by atoms with E-state index in [2.05, 4.69) is 10.6 Å². The highest BCUT2D eigenvalue weighted by Gasteiger charge is 2.12. The second-order valence-electron chi connectivity index (χ2n) is 5.86. The Morgan fingerprint density at radius 3 is 2.29 bits per heavy atom. The Balaban J connectivity index is 2.06. The Bertz CT molecular complexity index is 886. The van der Waals surface area contributed by atoms with Gasteiger partial charge < -0.3 is 24.8 Å². The summed E-state index contributed by atoms with van der Waals surface area (Å²) in [5, 5.41) is 15.1. The standard InChI is InChI=1S/C21H23N3O4/c1-14(15-5-8-18(26-2)9-6-15)23-13-16(12-22)21(25)24-17-7-10-19(27-3)20(11-17)28-4/h5-11,13-14,23H,1-4H3,(H,24,25)/b16-13-. The van der Waals surface area contributed by atoms with Crippen molar-refractivity contribution in [1.29, 1.82) is 5.26 Å². The molecule has 0 heterocycles. The van der Waals surface area contributed by atoms with E-state index in [-0.39, 0.29) is 11.6 Å². The minimum atomic E-state index is -0.524. The maximum atomic E-state index is 12.4. The molecule has 2 aromatic rings. The highest BCUT2D eigenvalue weighted by Crippen LogP contribution is 2.29. The van der Waals surface area contributed by atoms with Gasteiger partial charge in [0.05, 0.1) is 21.3 Å². The zero-order valence-corrected chi connectivity index (χ0v) is 16.3. The molecule has 0 spiro atoms. The van der Waals surface area contributed by atoms with Gasteiger partial charge >= 0.3 is 0 Å². The number of anilines is 1. The van der Waals surface area contributed by atoms with Gasteiger partial charge in [0.15, 0.2) is 11.5 Å². The quantitative estimate of drug-likeness (QED) is 0.538. The third-order valence-electron chi connectivity index (χ3n) is 4.10. The number of nitrogens with one attached hydrogen (secondary N) is 2. The Hall–Kier alpha value is -3.66. The Morgan fingerprint density at radius 2 is 1.71 bits per heavy atom. The fourth-order valence-electron chi connectivity index (χ4n) is 2.46. The number of nitriles is 1. The molecule has 7 nitrogen and oxygen atoms in total. The van der Waals surface area contributed by atoms with Crippen LogP contribution in [0.2, 0.25) is 0 Å². The Labute approximate surface area is 164 Å². The topological polar surface area (TPSA) is 92.6 Å². The summed E-state index contributed by atoms with van der Waals surface area (Å²) in [6.45, 7) is 1.93. The van der Waals surface area contributed by atoms with E-state index >= 15 is 0 Å². The van der Waals surface area contributed by atoms with Gasteiger partial charge in [-0.2, -0.15) is 5.26 Å². The van der Waals surface area contributed by atoms with Gasteiger partial charge in [-0.25, -0.2) is 0 Å². The lowest BCUT2D eigenvalue weighted by molar-refractivity contribution is -0.112. The highest BCUT2D eigenvalue weighted by atomic mass is 16.5. The van der Waals surface area contributed by atoms with Gasteiger partial charge in [-0.15, -0.1) is 0 Å². The molecule has 2 rings (SSSR count). The van der Waals surface area contributed by atoms with Crippen LogP contribution < -0.4 is 24.8 Å². The van der Waals surface area contributed by atoms with Crippen molar-refractivity contribution in [3.63, 3.8) is 0 Å². The molecule has 146 valence electrons. The number of amides is 1. The van der Waals surface area contributed by atoms with Crippen LogP contribution in [0.3, 0.4) is 0 Å². The molecule has 28 heavy (non-hydrogen) atoms.